The third-order valence-electron chi connectivity index (χ3n) is 4.28. The first-order valence-electron chi connectivity index (χ1n) is 8.54. The molecule has 2 aliphatic rings. The van der Waals surface area contributed by atoms with Crippen LogP contribution in [-0.2, 0) is 30.3 Å². The van der Waals surface area contributed by atoms with E-state index in [0.717, 1.165) is 5.56 Å². The molecule has 2 fully saturated rings. The van der Waals surface area contributed by atoms with Crippen molar-refractivity contribution in [1.82, 2.24) is 0 Å². The Morgan fingerprint density at radius 2 is 1.96 bits per heavy atom. The van der Waals surface area contributed by atoms with Crippen LogP contribution in [0.4, 0.5) is 0 Å². The van der Waals surface area contributed by atoms with Crippen LogP contribution in [0.3, 0.4) is 0 Å². The van der Waals surface area contributed by atoms with Gasteiger partial charge in [-0.1, -0.05) is 36.4 Å². The van der Waals surface area contributed by atoms with Crippen molar-refractivity contribution in [2.45, 2.75) is 56.9 Å². The molecule has 138 valence electrons. The van der Waals surface area contributed by atoms with E-state index in [2.05, 4.69) is 6.58 Å². The number of aliphatic hydroxyl groups is 1. The normalized spacial score (nSPS) is 31.6. The molecule has 0 saturated carbocycles. The predicted molar refractivity (Wildman–Crippen MR) is 90.7 cm³/mol. The molecule has 1 aromatic rings. The number of fused-ring (bicyclic) bond motifs is 1. The Bertz CT molecular complexity index is 560. The van der Waals surface area contributed by atoms with E-state index in [0.29, 0.717) is 13.2 Å². The molecule has 3 rings (SSSR count). The summed E-state index contributed by atoms with van der Waals surface area (Å²) in [6.45, 7) is 7.90. The number of rotatable bonds is 8. The van der Waals surface area contributed by atoms with E-state index in [1.54, 1.807) is 6.08 Å². The minimum Gasteiger partial charge on any atom is -0.394 e. The maximum Gasteiger partial charge on any atom is 0.187 e. The molecule has 6 heteroatoms. The molecule has 0 aromatic heterocycles. The molecule has 1 unspecified atom stereocenters. The van der Waals surface area contributed by atoms with Crippen molar-refractivity contribution in [2.75, 3.05) is 13.2 Å². The van der Waals surface area contributed by atoms with Crippen molar-refractivity contribution >= 4 is 0 Å². The fourth-order valence-electron chi connectivity index (χ4n) is 3.22. The van der Waals surface area contributed by atoms with Gasteiger partial charge in [0.25, 0.3) is 0 Å². The molecule has 2 heterocycles. The van der Waals surface area contributed by atoms with Crippen LogP contribution in [0.25, 0.3) is 0 Å². The molecule has 2 aliphatic heterocycles. The van der Waals surface area contributed by atoms with Gasteiger partial charge < -0.3 is 28.8 Å². The first-order chi connectivity index (χ1) is 12.0. The monoisotopic (exact) mass is 350 g/mol. The van der Waals surface area contributed by atoms with Gasteiger partial charge in [-0.05, 0) is 19.4 Å². The molecule has 0 amide bonds. The molecule has 2 saturated heterocycles. The highest BCUT2D eigenvalue weighted by atomic mass is 16.8. The summed E-state index contributed by atoms with van der Waals surface area (Å²) in [7, 11) is 0. The van der Waals surface area contributed by atoms with Crippen LogP contribution in [0, 0.1) is 0 Å². The number of benzene rings is 1. The minimum atomic E-state index is -0.730. The van der Waals surface area contributed by atoms with E-state index in [1.807, 2.05) is 44.2 Å². The lowest BCUT2D eigenvalue weighted by Crippen LogP contribution is -2.42. The van der Waals surface area contributed by atoms with Crippen molar-refractivity contribution in [3.63, 3.8) is 0 Å². The molecule has 25 heavy (non-hydrogen) atoms. The van der Waals surface area contributed by atoms with Crippen LogP contribution in [0.5, 0.6) is 0 Å². The third kappa shape index (κ3) is 4.28. The molecule has 6 nitrogen and oxygen atoms in total. The highest BCUT2D eigenvalue weighted by Gasteiger charge is 2.57. The van der Waals surface area contributed by atoms with E-state index in [4.69, 9.17) is 23.7 Å². The van der Waals surface area contributed by atoms with Crippen LogP contribution >= 0.6 is 0 Å². The quantitative estimate of drug-likeness (QED) is 0.724. The van der Waals surface area contributed by atoms with Crippen molar-refractivity contribution in [3.05, 3.63) is 48.6 Å². The summed E-state index contributed by atoms with van der Waals surface area (Å²) in [5.41, 5.74) is 1.03. The van der Waals surface area contributed by atoms with Gasteiger partial charge in [0.1, 0.15) is 24.4 Å². The molecule has 0 bridgehead atoms. The van der Waals surface area contributed by atoms with Gasteiger partial charge in [-0.3, -0.25) is 0 Å². The van der Waals surface area contributed by atoms with Gasteiger partial charge in [-0.15, -0.1) is 6.58 Å². The molecule has 1 aromatic carbocycles. The molecule has 0 spiro atoms. The lowest BCUT2D eigenvalue weighted by atomic mass is 10.1. The fourth-order valence-corrected chi connectivity index (χ4v) is 3.22. The van der Waals surface area contributed by atoms with Gasteiger partial charge in [-0.2, -0.15) is 0 Å². The third-order valence-corrected chi connectivity index (χ3v) is 4.28. The largest absolute Gasteiger partial charge is 0.394 e. The highest BCUT2D eigenvalue weighted by molar-refractivity contribution is 5.13. The van der Waals surface area contributed by atoms with E-state index in [1.165, 1.54) is 0 Å². The lowest BCUT2D eigenvalue weighted by molar-refractivity contribution is -0.246. The van der Waals surface area contributed by atoms with Gasteiger partial charge in [0.15, 0.2) is 12.1 Å². The summed E-state index contributed by atoms with van der Waals surface area (Å²) in [4.78, 5) is 0. The summed E-state index contributed by atoms with van der Waals surface area (Å²) >= 11 is 0. The zero-order valence-corrected chi connectivity index (χ0v) is 14.7. The highest BCUT2D eigenvalue weighted by Crippen LogP contribution is 2.40. The van der Waals surface area contributed by atoms with Crippen LogP contribution in [-0.4, -0.2) is 54.8 Å². The fraction of sp³-hybridized carbons (Fsp3) is 0.579. The van der Waals surface area contributed by atoms with Gasteiger partial charge in [-0.25, -0.2) is 0 Å². The van der Waals surface area contributed by atoms with E-state index < -0.39 is 24.3 Å². The molecule has 1 N–H and O–H groups in total. The minimum absolute atomic E-state index is 0.182. The average molecular weight is 350 g/mol. The number of hydrogen-bond donors (Lipinski definition) is 1. The Morgan fingerprint density at radius 3 is 2.64 bits per heavy atom. The Kier molecular flexibility index (Phi) is 5.89. The lowest BCUT2D eigenvalue weighted by Gasteiger charge is -2.28. The summed E-state index contributed by atoms with van der Waals surface area (Å²) < 4.78 is 29.4. The van der Waals surface area contributed by atoms with Crippen LogP contribution in [0.1, 0.15) is 19.4 Å². The predicted octanol–water partition coefficient (Wildman–Crippen LogP) is 2.01. The van der Waals surface area contributed by atoms with Crippen LogP contribution in [0.15, 0.2) is 43.0 Å². The van der Waals surface area contributed by atoms with Crippen molar-refractivity contribution < 1.29 is 28.8 Å². The van der Waals surface area contributed by atoms with Gasteiger partial charge in [0, 0.05) is 0 Å². The van der Waals surface area contributed by atoms with Crippen molar-refractivity contribution in [3.8, 4) is 0 Å². The Hall–Kier alpha value is -1.28. The molecular formula is C19H26O6. The molecule has 5 atom stereocenters. The topological polar surface area (TPSA) is 66.4 Å². The second kappa shape index (κ2) is 7.95. The van der Waals surface area contributed by atoms with Crippen LogP contribution in [0.2, 0.25) is 0 Å². The maximum atomic E-state index is 9.82. The summed E-state index contributed by atoms with van der Waals surface area (Å²) in [6, 6.07) is 9.79. The molecule has 0 radical (unpaired) electrons. The van der Waals surface area contributed by atoms with Crippen molar-refractivity contribution in [1.29, 1.82) is 0 Å². The summed E-state index contributed by atoms with van der Waals surface area (Å²) in [6.07, 6.45) is -0.670. The second-order valence-electron chi connectivity index (χ2n) is 6.67. The van der Waals surface area contributed by atoms with Gasteiger partial charge in [0.05, 0.1) is 19.8 Å². The first-order valence-corrected chi connectivity index (χ1v) is 8.54. The molecular weight excluding hydrogens is 324 g/mol. The standard InChI is InChI=1S/C19H26O6/c1-4-10-21-18-17-16(24-19(2,3)25-17)15(23-18)14(11-20)22-12-13-8-6-5-7-9-13/h4-9,14-18,20H,1,10-12H2,2-3H3/t14?,15-,16+,17+,18+/m1/s1. The Labute approximate surface area is 148 Å². The number of ether oxygens (including phenoxy) is 5. The van der Waals surface area contributed by atoms with E-state index in [-0.39, 0.29) is 18.8 Å². The zero-order chi connectivity index (χ0) is 17.9. The second-order valence-corrected chi connectivity index (χ2v) is 6.67. The Balaban J connectivity index is 1.68. The van der Waals surface area contributed by atoms with Gasteiger partial charge in [0.2, 0.25) is 0 Å². The van der Waals surface area contributed by atoms with Crippen molar-refractivity contribution in [2.24, 2.45) is 0 Å². The SMILES string of the molecule is C=CCO[C@H]1O[C@H](C(CO)OCc2ccccc2)[C@@H]2OC(C)(C)O[C@H]12. The smallest absolute Gasteiger partial charge is 0.187 e. The van der Waals surface area contributed by atoms with E-state index >= 15 is 0 Å². The first kappa shape index (κ1) is 18.5. The zero-order valence-electron chi connectivity index (χ0n) is 14.7. The summed E-state index contributed by atoms with van der Waals surface area (Å²) in [5.74, 6) is -0.730. The average Bonchev–Trinajstić information content (AvgIpc) is 3.08. The number of hydrogen-bond acceptors (Lipinski definition) is 6. The summed E-state index contributed by atoms with van der Waals surface area (Å²) in [5, 5.41) is 9.82. The number of aliphatic hydroxyl groups excluding tert-OH is 1. The van der Waals surface area contributed by atoms with Crippen LogP contribution < -0.4 is 0 Å². The maximum absolute atomic E-state index is 9.82. The van der Waals surface area contributed by atoms with E-state index in [9.17, 15) is 5.11 Å². The molecule has 0 aliphatic carbocycles. The van der Waals surface area contributed by atoms with Gasteiger partial charge >= 0.3 is 0 Å². The Morgan fingerprint density at radius 1 is 1.24 bits per heavy atom.